The normalized spacial score (nSPS) is 12.3. The molecule has 0 heterocycles. The monoisotopic (exact) mass is 370 g/mol. The van der Waals surface area contributed by atoms with Crippen LogP contribution in [0.1, 0.15) is 56.2 Å². The van der Waals surface area contributed by atoms with Gasteiger partial charge in [0.1, 0.15) is 0 Å². The molecule has 0 atom stereocenters. The van der Waals surface area contributed by atoms with Crippen molar-refractivity contribution < 1.29 is 0 Å². The van der Waals surface area contributed by atoms with Crippen molar-refractivity contribution in [3.63, 3.8) is 0 Å². The molecule has 0 fully saturated rings. The van der Waals surface area contributed by atoms with E-state index >= 15 is 0 Å². The summed E-state index contributed by atoms with van der Waals surface area (Å²) in [6.45, 7) is 11.5. The molecular weight excluding hydrogens is 337 g/mol. The van der Waals surface area contributed by atoms with Crippen LogP contribution in [-0.2, 0) is 0 Å². The molecule has 124 valence electrons. The van der Waals surface area contributed by atoms with Crippen LogP contribution in [0.2, 0.25) is 17.3 Å². The van der Waals surface area contributed by atoms with E-state index in [0.717, 1.165) is 0 Å². The van der Waals surface area contributed by atoms with Crippen LogP contribution >= 0.6 is 0 Å². The van der Waals surface area contributed by atoms with E-state index in [9.17, 15) is 0 Å². The van der Waals surface area contributed by atoms with Crippen LogP contribution in [0.5, 0.6) is 0 Å². The molecule has 0 aliphatic rings. The Labute approximate surface area is 145 Å². The topological polar surface area (TPSA) is 0 Å². The van der Waals surface area contributed by atoms with Crippen LogP contribution in [0, 0.1) is 6.92 Å². The van der Waals surface area contributed by atoms with Crippen molar-refractivity contribution in [3.05, 3.63) is 53.1 Å². The van der Waals surface area contributed by atoms with Crippen LogP contribution in [0.4, 0.5) is 0 Å². The number of benzene rings is 2. The summed E-state index contributed by atoms with van der Waals surface area (Å²) in [4.78, 5) is 0. The van der Waals surface area contributed by atoms with E-state index in [2.05, 4.69) is 88.3 Å². The molecule has 0 amide bonds. The summed E-state index contributed by atoms with van der Waals surface area (Å²) in [6, 6.07) is 14.2. The maximum absolute atomic E-state index is 2.45. The summed E-state index contributed by atoms with van der Waals surface area (Å²) in [7, 11) is 0. The molecule has 23 heavy (non-hydrogen) atoms. The molecule has 0 N–H and O–H groups in total. The minimum absolute atomic E-state index is 0.566. The Morgan fingerprint density at radius 3 is 1.48 bits per heavy atom. The number of hydrogen-bond acceptors (Lipinski definition) is 0. The third-order valence-corrected chi connectivity index (χ3v) is 9.15. The second-order valence-electron chi connectivity index (χ2n) is 8.42. The van der Waals surface area contributed by atoms with Crippen molar-refractivity contribution >= 4 is 17.7 Å². The number of rotatable bonds is 4. The molecule has 2 aromatic carbocycles. The zero-order valence-electron chi connectivity index (χ0n) is 16.1. The first-order valence-corrected chi connectivity index (χ1v) is 16.2. The van der Waals surface area contributed by atoms with E-state index in [-0.39, 0.29) is 0 Å². The van der Waals surface area contributed by atoms with Gasteiger partial charge in [-0.05, 0) is 0 Å². The molecule has 0 radical (unpaired) electrons. The molecule has 0 saturated carbocycles. The average molecular weight is 369 g/mol. The first-order valence-electron chi connectivity index (χ1n) is 8.86. The van der Waals surface area contributed by atoms with Crippen molar-refractivity contribution in [1.82, 2.24) is 0 Å². The fraction of sp³-hybridized carbons (Fsp3) is 0.455. The predicted molar refractivity (Wildman–Crippen MR) is 108 cm³/mol. The van der Waals surface area contributed by atoms with Gasteiger partial charge >= 0.3 is 146 Å². The summed E-state index contributed by atoms with van der Waals surface area (Å²) in [6.07, 6.45) is 0. The standard InChI is InChI=1S/C22H32Ge/c1-15(2)21-13-19(14-22(16(3)4)17(21)5)18-9-11-20(12-10-18)23(6,7)8/h9-16H,1-8H3. The second kappa shape index (κ2) is 6.85. The van der Waals surface area contributed by atoms with Crippen LogP contribution in [0.25, 0.3) is 11.1 Å². The van der Waals surface area contributed by atoms with Gasteiger partial charge in [0.15, 0.2) is 0 Å². The third kappa shape index (κ3) is 4.09. The average Bonchev–Trinajstić information content (AvgIpc) is 2.46. The van der Waals surface area contributed by atoms with Gasteiger partial charge < -0.3 is 0 Å². The van der Waals surface area contributed by atoms with Gasteiger partial charge in [-0.1, -0.05) is 0 Å². The SMILES string of the molecule is Cc1c(C(C)C)cc(-c2cc[c]([Ge]([CH3])([CH3])[CH3])cc2)cc1C(C)C. The fourth-order valence-electron chi connectivity index (χ4n) is 3.29. The van der Waals surface area contributed by atoms with Gasteiger partial charge in [0, 0.05) is 0 Å². The summed E-state index contributed by atoms with van der Waals surface area (Å²) < 4.78 is 1.58. The Morgan fingerprint density at radius 2 is 1.13 bits per heavy atom. The van der Waals surface area contributed by atoms with Crippen molar-refractivity contribution in [2.75, 3.05) is 0 Å². The van der Waals surface area contributed by atoms with Gasteiger partial charge in [0.2, 0.25) is 0 Å². The van der Waals surface area contributed by atoms with Crippen molar-refractivity contribution in [2.24, 2.45) is 0 Å². The van der Waals surface area contributed by atoms with Gasteiger partial charge in [-0.25, -0.2) is 0 Å². The number of hydrogen-bond donors (Lipinski definition) is 0. The molecule has 0 aromatic heterocycles. The van der Waals surface area contributed by atoms with Crippen molar-refractivity contribution in [3.8, 4) is 11.1 Å². The summed E-state index contributed by atoms with van der Waals surface area (Å²) in [5.41, 5.74) is 7.17. The Kier molecular flexibility index (Phi) is 5.45. The third-order valence-electron chi connectivity index (χ3n) is 4.82. The molecule has 0 bridgehead atoms. The van der Waals surface area contributed by atoms with E-state index < -0.39 is 13.3 Å². The Bertz CT molecular complexity index is 641. The summed E-state index contributed by atoms with van der Waals surface area (Å²) in [5, 5.41) is 0. The van der Waals surface area contributed by atoms with E-state index in [0.29, 0.717) is 11.8 Å². The molecule has 0 nitrogen and oxygen atoms in total. The van der Waals surface area contributed by atoms with Crippen LogP contribution < -0.4 is 4.40 Å². The first-order chi connectivity index (χ1) is 10.6. The van der Waals surface area contributed by atoms with Crippen LogP contribution in [-0.4, -0.2) is 13.3 Å². The van der Waals surface area contributed by atoms with Gasteiger partial charge in [0.05, 0.1) is 0 Å². The van der Waals surface area contributed by atoms with E-state index in [1.165, 1.54) is 27.8 Å². The molecule has 0 saturated heterocycles. The fourth-order valence-corrected chi connectivity index (χ4v) is 5.74. The van der Waals surface area contributed by atoms with Crippen LogP contribution in [0.15, 0.2) is 36.4 Å². The Hall–Kier alpha value is -1.02. The quantitative estimate of drug-likeness (QED) is 0.543. The van der Waals surface area contributed by atoms with Gasteiger partial charge in [0.25, 0.3) is 0 Å². The second-order valence-corrected chi connectivity index (χ2v) is 19.1. The van der Waals surface area contributed by atoms with Crippen molar-refractivity contribution in [2.45, 2.75) is 63.7 Å². The van der Waals surface area contributed by atoms with E-state index in [1.807, 2.05) is 0 Å². The zero-order chi connectivity index (χ0) is 17.4. The van der Waals surface area contributed by atoms with Crippen LogP contribution in [0.3, 0.4) is 0 Å². The van der Waals surface area contributed by atoms with Gasteiger partial charge in [-0.3, -0.25) is 0 Å². The van der Waals surface area contributed by atoms with Gasteiger partial charge in [-0.2, -0.15) is 0 Å². The summed E-state index contributed by atoms with van der Waals surface area (Å²) in [5.74, 6) is 8.49. The molecular formula is C22H32Ge. The predicted octanol–water partition coefficient (Wildman–Crippen LogP) is 6.45. The Morgan fingerprint density at radius 1 is 0.696 bits per heavy atom. The minimum atomic E-state index is -1.72. The first kappa shape index (κ1) is 18.3. The molecule has 1 heteroatoms. The molecule has 2 aromatic rings. The molecule has 2 rings (SSSR count). The van der Waals surface area contributed by atoms with E-state index in [4.69, 9.17) is 0 Å². The Balaban J connectivity index is 2.55. The molecule has 0 spiro atoms. The summed E-state index contributed by atoms with van der Waals surface area (Å²) >= 11 is -1.72. The van der Waals surface area contributed by atoms with Crippen molar-refractivity contribution in [1.29, 1.82) is 0 Å². The maximum atomic E-state index is 2.45. The molecule has 0 unspecified atom stereocenters. The zero-order valence-corrected chi connectivity index (χ0v) is 18.2. The molecule has 0 aliphatic carbocycles. The molecule has 0 aliphatic heterocycles. The van der Waals surface area contributed by atoms with E-state index in [1.54, 1.807) is 4.40 Å². The van der Waals surface area contributed by atoms with Gasteiger partial charge in [-0.15, -0.1) is 0 Å².